The van der Waals surface area contributed by atoms with Gasteiger partial charge in [-0.3, -0.25) is 9.59 Å². The van der Waals surface area contributed by atoms with Gasteiger partial charge in [0.25, 0.3) is 0 Å². The van der Waals surface area contributed by atoms with Crippen molar-refractivity contribution in [2.24, 2.45) is 11.8 Å². The summed E-state index contributed by atoms with van der Waals surface area (Å²) in [6, 6.07) is 0. The van der Waals surface area contributed by atoms with Gasteiger partial charge in [0, 0.05) is 18.0 Å². The first-order chi connectivity index (χ1) is 9.44. The van der Waals surface area contributed by atoms with E-state index in [4.69, 9.17) is 5.11 Å². The number of likely N-dealkylation sites (N-methyl/N-ethyl adjacent to an activating group) is 1. The molecule has 2 aliphatic carbocycles. The molecule has 114 valence electrons. The van der Waals surface area contributed by atoms with Gasteiger partial charge < -0.3 is 15.3 Å². The summed E-state index contributed by atoms with van der Waals surface area (Å²) in [5, 5.41) is 12.1. The quantitative estimate of drug-likeness (QED) is 0.801. The van der Waals surface area contributed by atoms with Gasteiger partial charge in [0.15, 0.2) is 0 Å². The molecule has 5 nitrogen and oxygen atoms in total. The van der Waals surface area contributed by atoms with E-state index in [1.807, 2.05) is 0 Å². The summed E-state index contributed by atoms with van der Waals surface area (Å²) in [7, 11) is 4.12. The highest BCUT2D eigenvalue weighted by Crippen LogP contribution is 2.36. The molecule has 20 heavy (non-hydrogen) atoms. The number of rotatable bonds is 5. The van der Waals surface area contributed by atoms with Crippen LogP contribution in [0.4, 0.5) is 0 Å². The van der Waals surface area contributed by atoms with E-state index in [0.717, 1.165) is 25.7 Å². The van der Waals surface area contributed by atoms with Gasteiger partial charge in [-0.2, -0.15) is 0 Å². The Kier molecular flexibility index (Phi) is 4.68. The fourth-order valence-corrected chi connectivity index (χ4v) is 3.42. The van der Waals surface area contributed by atoms with E-state index in [1.165, 1.54) is 6.42 Å². The average molecular weight is 282 g/mol. The van der Waals surface area contributed by atoms with Crippen molar-refractivity contribution in [2.45, 2.75) is 50.5 Å². The predicted molar refractivity (Wildman–Crippen MR) is 76.4 cm³/mol. The van der Waals surface area contributed by atoms with Gasteiger partial charge in [0.2, 0.25) is 5.91 Å². The smallest absolute Gasteiger partial charge is 0.306 e. The number of aliphatic carboxylic acids is 1. The lowest BCUT2D eigenvalue weighted by molar-refractivity contribution is -0.144. The van der Waals surface area contributed by atoms with Crippen LogP contribution in [0.15, 0.2) is 0 Å². The van der Waals surface area contributed by atoms with Crippen molar-refractivity contribution in [3.63, 3.8) is 0 Å². The minimum absolute atomic E-state index is 0.0454. The van der Waals surface area contributed by atoms with Crippen molar-refractivity contribution >= 4 is 11.9 Å². The van der Waals surface area contributed by atoms with Gasteiger partial charge in [-0.25, -0.2) is 0 Å². The summed E-state index contributed by atoms with van der Waals surface area (Å²) in [5.74, 6) is -1.18. The number of nitrogens with zero attached hydrogens (tertiary/aromatic N) is 1. The maximum absolute atomic E-state index is 12.3. The lowest BCUT2D eigenvalue weighted by Gasteiger charge is -2.47. The summed E-state index contributed by atoms with van der Waals surface area (Å²) in [4.78, 5) is 25.5. The van der Waals surface area contributed by atoms with Crippen molar-refractivity contribution in [3.8, 4) is 0 Å². The summed E-state index contributed by atoms with van der Waals surface area (Å²) < 4.78 is 0. The summed E-state index contributed by atoms with van der Waals surface area (Å²) >= 11 is 0. The molecule has 2 rings (SSSR count). The van der Waals surface area contributed by atoms with Gasteiger partial charge in [-0.1, -0.05) is 6.42 Å². The van der Waals surface area contributed by atoms with Gasteiger partial charge in [-0.05, 0) is 52.6 Å². The van der Waals surface area contributed by atoms with Gasteiger partial charge in [0.1, 0.15) is 0 Å². The number of carbonyl (C=O) groups is 2. The molecular formula is C15H26N2O3. The van der Waals surface area contributed by atoms with Gasteiger partial charge in [-0.15, -0.1) is 0 Å². The Morgan fingerprint density at radius 1 is 1.20 bits per heavy atom. The third kappa shape index (κ3) is 3.14. The first kappa shape index (κ1) is 15.3. The van der Waals surface area contributed by atoms with Crippen LogP contribution in [0.5, 0.6) is 0 Å². The Bertz CT molecular complexity index is 377. The topological polar surface area (TPSA) is 69.6 Å². The maximum atomic E-state index is 12.3. The zero-order valence-corrected chi connectivity index (χ0v) is 12.5. The highest BCUT2D eigenvalue weighted by Gasteiger charge is 2.40. The summed E-state index contributed by atoms with van der Waals surface area (Å²) in [6.45, 7) is 0.688. The second kappa shape index (κ2) is 6.12. The zero-order valence-electron chi connectivity index (χ0n) is 12.5. The zero-order chi connectivity index (χ0) is 14.8. The van der Waals surface area contributed by atoms with Crippen molar-refractivity contribution in [1.29, 1.82) is 0 Å². The SMILES string of the molecule is CN(C)C1(CNC(=O)C2CCCC(C(=O)O)C2)CCC1. The van der Waals surface area contributed by atoms with Crippen molar-refractivity contribution in [2.75, 3.05) is 20.6 Å². The Morgan fingerprint density at radius 3 is 2.35 bits per heavy atom. The van der Waals surface area contributed by atoms with Crippen molar-refractivity contribution in [1.82, 2.24) is 10.2 Å². The lowest BCUT2D eigenvalue weighted by atomic mass is 9.75. The minimum atomic E-state index is -0.758. The molecule has 2 unspecified atom stereocenters. The molecule has 0 radical (unpaired) electrons. The molecule has 0 bridgehead atoms. The Balaban J connectivity index is 1.84. The molecule has 0 aromatic rings. The molecule has 2 fully saturated rings. The van der Waals surface area contributed by atoms with E-state index in [-0.39, 0.29) is 23.3 Å². The van der Waals surface area contributed by atoms with Crippen LogP contribution in [-0.4, -0.2) is 48.1 Å². The maximum Gasteiger partial charge on any atom is 0.306 e. The molecule has 2 N–H and O–H groups in total. The Morgan fingerprint density at radius 2 is 1.85 bits per heavy atom. The highest BCUT2D eigenvalue weighted by atomic mass is 16.4. The molecule has 0 spiro atoms. The number of hydrogen-bond acceptors (Lipinski definition) is 3. The highest BCUT2D eigenvalue weighted by molar-refractivity contribution is 5.80. The number of carboxylic acid groups (broad SMARTS) is 1. The predicted octanol–water partition coefficient (Wildman–Crippen LogP) is 1.48. The first-order valence-electron chi connectivity index (χ1n) is 7.62. The molecule has 0 saturated heterocycles. The number of carboxylic acids is 1. The number of carbonyl (C=O) groups excluding carboxylic acids is 1. The lowest BCUT2D eigenvalue weighted by Crippen LogP contribution is -2.57. The van der Waals surface area contributed by atoms with E-state index in [1.54, 1.807) is 0 Å². The minimum Gasteiger partial charge on any atom is -0.481 e. The largest absolute Gasteiger partial charge is 0.481 e. The third-order valence-corrected chi connectivity index (χ3v) is 5.22. The van der Waals surface area contributed by atoms with Gasteiger partial charge in [0.05, 0.1) is 5.92 Å². The molecular weight excluding hydrogens is 256 g/mol. The molecule has 2 atom stereocenters. The molecule has 2 saturated carbocycles. The third-order valence-electron chi connectivity index (χ3n) is 5.22. The molecule has 5 heteroatoms. The van der Waals surface area contributed by atoms with Crippen LogP contribution in [0.25, 0.3) is 0 Å². The van der Waals surface area contributed by atoms with E-state index >= 15 is 0 Å². The van der Waals surface area contributed by atoms with E-state index in [2.05, 4.69) is 24.3 Å². The van der Waals surface area contributed by atoms with Crippen LogP contribution in [0.1, 0.15) is 44.9 Å². The fourth-order valence-electron chi connectivity index (χ4n) is 3.42. The molecule has 2 aliphatic rings. The van der Waals surface area contributed by atoms with E-state index in [0.29, 0.717) is 19.4 Å². The van der Waals surface area contributed by atoms with Crippen LogP contribution in [0.2, 0.25) is 0 Å². The van der Waals surface area contributed by atoms with Crippen molar-refractivity contribution < 1.29 is 14.7 Å². The van der Waals surface area contributed by atoms with E-state index < -0.39 is 5.97 Å². The van der Waals surface area contributed by atoms with Crippen LogP contribution >= 0.6 is 0 Å². The van der Waals surface area contributed by atoms with Crippen LogP contribution in [0, 0.1) is 11.8 Å². The standard InChI is InChI=1S/C15H26N2O3/c1-17(2)15(7-4-8-15)10-16-13(18)11-5-3-6-12(9-11)14(19)20/h11-12H,3-10H2,1-2H3,(H,16,18)(H,19,20). The fraction of sp³-hybridized carbons (Fsp3) is 0.867. The van der Waals surface area contributed by atoms with Gasteiger partial charge >= 0.3 is 5.97 Å². The monoisotopic (exact) mass is 282 g/mol. The number of hydrogen-bond donors (Lipinski definition) is 2. The molecule has 1 amide bonds. The Labute approximate surface area is 120 Å². The molecule has 0 heterocycles. The number of amides is 1. The summed E-state index contributed by atoms with van der Waals surface area (Å²) in [6.07, 6.45) is 6.35. The van der Waals surface area contributed by atoms with Crippen LogP contribution in [0.3, 0.4) is 0 Å². The van der Waals surface area contributed by atoms with Crippen LogP contribution < -0.4 is 5.32 Å². The van der Waals surface area contributed by atoms with Crippen molar-refractivity contribution in [3.05, 3.63) is 0 Å². The normalized spacial score (nSPS) is 28.8. The number of nitrogens with one attached hydrogen (secondary N) is 1. The second-order valence-corrected chi connectivity index (χ2v) is 6.59. The second-order valence-electron chi connectivity index (χ2n) is 6.59. The molecule has 0 aliphatic heterocycles. The first-order valence-corrected chi connectivity index (χ1v) is 7.62. The van der Waals surface area contributed by atoms with Crippen LogP contribution in [-0.2, 0) is 9.59 Å². The van der Waals surface area contributed by atoms with E-state index in [9.17, 15) is 9.59 Å². The Hall–Kier alpha value is -1.10. The average Bonchev–Trinajstić information content (AvgIpc) is 2.37. The molecule has 0 aromatic carbocycles. The summed E-state index contributed by atoms with van der Waals surface area (Å²) in [5.41, 5.74) is 0.122. The molecule has 0 aromatic heterocycles.